The van der Waals surface area contributed by atoms with Gasteiger partial charge in [-0.15, -0.1) is 0 Å². The molecule has 3 amide bonds. The number of pyridine rings is 1. The summed E-state index contributed by atoms with van der Waals surface area (Å²) < 4.78 is 0. The molecule has 0 aliphatic heterocycles. The average molecular weight is 506 g/mol. The van der Waals surface area contributed by atoms with E-state index in [0.717, 1.165) is 11.1 Å². The van der Waals surface area contributed by atoms with E-state index in [0.29, 0.717) is 11.5 Å². The summed E-state index contributed by atoms with van der Waals surface area (Å²) in [6, 6.07) is 19.1. The first-order valence-electron chi connectivity index (χ1n) is 11.7. The third-order valence-electron chi connectivity index (χ3n) is 5.62. The second kappa shape index (κ2) is 12.1. The minimum atomic E-state index is -1.96. The number of benzene rings is 2. The molecule has 0 aliphatic carbocycles. The number of aliphatic hydroxyl groups is 1. The van der Waals surface area contributed by atoms with Crippen LogP contribution in [-0.2, 0) is 14.4 Å². The second-order valence-electron chi connectivity index (χ2n) is 9.50. The summed E-state index contributed by atoms with van der Waals surface area (Å²) in [7, 11) is 0. The topological polar surface area (TPSA) is 153 Å². The zero-order chi connectivity index (χ0) is 27.0. The van der Waals surface area contributed by atoms with Gasteiger partial charge in [0.25, 0.3) is 5.91 Å². The van der Waals surface area contributed by atoms with Crippen LogP contribution in [0.5, 0.6) is 0 Å². The summed E-state index contributed by atoms with van der Waals surface area (Å²) in [6.07, 6.45) is -0.439. The number of nitrogens with one attached hydrogen (secondary N) is 4. The lowest BCUT2D eigenvalue weighted by Crippen LogP contribution is -2.59. The molecule has 194 valence electrons. The third kappa shape index (κ3) is 7.35. The highest BCUT2D eigenvalue weighted by Gasteiger charge is 2.38. The van der Waals surface area contributed by atoms with E-state index < -0.39 is 41.3 Å². The van der Waals surface area contributed by atoms with Crippen LogP contribution < -0.4 is 21.4 Å². The zero-order valence-corrected chi connectivity index (χ0v) is 20.8. The Morgan fingerprint density at radius 2 is 1.43 bits per heavy atom. The van der Waals surface area contributed by atoms with Gasteiger partial charge in [-0.3, -0.25) is 19.6 Å². The van der Waals surface area contributed by atoms with Gasteiger partial charge in [0.05, 0.1) is 0 Å². The Morgan fingerprint density at radius 1 is 0.811 bits per heavy atom. The average Bonchev–Trinajstić information content (AvgIpc) is 2.90. The van der Waals surface area contributed by atoms with E-state index in [9.17, 15) is 19.5 Å². The Kier molecular flexibility index (Phi) is 8.94. The quantitative estimate of drug-likeness (QED) is 0.193. The molecule has 0 fully saturated rings. The van der Waals surface area contributed by atoms with Gasteiger partial charge in [0, 0.05) is 11.9 Å². The van der Waals surface area contributed by atoms with Gasteiger partial charge in [-0.05, 0) is 40.8 Å². The number of carbonyl (C=O) groups is 3. The van der Waals surface area contributed by atoms with Crippen molar-refractivity contribution in [3.05, 3.63) is 79.0 Å². The third-order valence-corrected chi connectivity index (χ3v) is 5.62. The van der Waals surface area contributed by atoms with E-state index in [-0.39, 0.29) is 0 Å². The Balaban J connectivity index is 1.82. The van der Waals surface area contributed by atoms with E-state index in [1.165, 1.54) is 11.7 Å². The highest BCUT2D eigenvalue weighted by Crippen LogP contribution is 2.23. The van der Waals surface area contributed by atoms with E-state index in [2.05, 4.69) is 20.9 Å². The first-order valence-corrected chi connectivity index (χ1v) is 11.7. The molecule has 0 saturated carbocycles. The lowest BCUT2D eigenvalue weighted by molar-refractivity contribution is -0.142. The lowest BCUT2D eigenvalue weighted by Gasteiger charge is -2.32. The number of hydrogen-bond acceptors (Lipinski definition) is 7. The molecule has 6 N–H and O–H groups in total. The minimum Gasteiger partial charge on any atom is -0.380 e. The van der Waals surface area contributed by atoms with Crippen molar-refractivity contribution in [1.82, 2.24) is 15.8 Å². The van der Waals surface area contributed by atoms with Crippen LogP contribution in [0.1, 0.15) is 20.8 Å². The fourth-order valence-electron chi connectivity index (χ4n) is 3.62. The summed E-state index contributed by atoms with van der Waals surface area (Å²) in [5.74, 6) is -2.21. The number of aliphatic hydroxyl groups excluding tert-OH is 1. The Morgan fingerprint density at radius 3 is 2.00 bits per heavy atom. The van der Waals surface area contributed by atoms with Crippen molar-refractivity contribution in [2.75, 3.05) is 10.6 Å². The standard InChI is InChI=1S/C27H31N5O5/c1-27(2,3)23(26(36)30-20-11-7-8-16-28-20)31-24(34)21(22(33)25(35)32-37)29-19-14-12-18(13-15-19)17-9-5-4-6-10-17/h4-16,21-23,29,33,37H,1-3H3,(H,31,34)(H,32,35)(H,28,30,36). The van der Waals surface area contributed by atoms with Gasteiger partial charge >= 0.3 is 0 Å². The zero-order valence-electron chi connectivity index (χ0n) is 20.8. The van der Waals surface area contributed by atoms with Crippen LogP contribution in [0.25, 0.3) is 11.1 Å². The normalized spacial score (nSPS) is 13.5. The largest absolute Gasteiger partial charge is 0.380 e. The first kappa shape index (κ1) is 27.3. The number of aromatic nitrogens is 1. The number of hydroxylamine groups is 1. The number of nitrogens with zero attached hydrogens (tertiary/aromatic N) is 1. The molecule has 0 radical (unpaired) electrons. The fourth-order valence-corrected chi connectivity index (χ4v) is 3.62. The molecule has 10 heteroatoms. The molecule has 3 unspecified atom stereocenters. The van der Waals surface area contributed by atoms with Crippen LogP contribution in [0.2, 0.25) is 0 Å². The van der Waals surface area contributed by atoms with Gasteiger partial charge < -0.3 is 21.1 Å². The number of anilines is 2. The first-order chi connectivity index (χ1) is 17.6. The molecule has 3 atom stereocenters. The van der Waals surface area contributed by atoms with E-state index in [4.69, 9.17) is 5.21 Å². The highest BCUT2D eigenvalue weighted by atomic mass is 16.5. The number of rotatable bonds is 9. The molecule has 3 rings (SSSR count). The summed E-state index contributed by atoms with van der Waals surface area (Å²) in [6.45, 7) is 5.28. The van der Waals surface area contributed by atoms with E-state index >= 15 is 0 Å². The molecule has 1 aromatic heterocycles. The van der Waals surface area contributed by atoms with Crippen LogP contribution in [0.15, 0.2) is 79.0 Å². The van der Waals surface area contributed by atoms with E-state index in [1.54, 1.807) is 51.1 Å². The van der Waals surface area contributed by atoms with Crippen molar-refractivity contribution in [3.8, 4) is 11.1 Å². The van der Waals surface area contributed by atoms with Crippen LogP contribution in [0.3, 0.4) is 0 Å². The van der Waals surface area contributed by atoms with Gasteiger partial charge in [0.15, 0.2) is 6.10 Å². The molecule has 3 aromatic rings. The van der Waals surface area contributed by atoms with Crippen LogP contribution in [0, 0.1) is 5.41 Å². The fraction of sp³-hybridized carbons (Fsp3) is 0.259. The monoisotopic (exact) mass is 505 g/mol. The maximum atomic E-state index is 13.3. The van der Waals surface area contributed by atoms with Crippen molar-refractivity contribution in [2.24, 2.45) is 5.41 Å². The molecule has 10 nitrogen and oxygen atoms in total. The summed E-state index contributed by atoms with van der Waals surface area (Å²) in [5.41, 5.74) is 2.99. The lowest BCUT2D eigenvalue weighted by atomic mass is 9.85. The van der Waals surface area contributed by atoms with Gasteiger partial charge in [-0.25, -0.2) is 10.5 Å². The minimum absolute atomic E-state index is 0.309. The number of amides is 3. The van der Waals surface area contributed by atoms with Gasteiger partial charge in [0.2, 0.25) is 11.8 Å². The highest BCUT2D eigenvalue weighted by molar-refractivity contribution is 6.00. The van der Waals surface area contributed by atoms with Crippen molar-refractivity contribution in [2.45, 2.75) is 39.0 Å². The van der Waals surface area contributed by atoms with Crippen molar-refractivity contribution >= 4 is 29.2 Å². The molecule has 0 aliphatic rings. The molecule has 1 heterocycles. The Labute approximate surface area is 215 Å². The van der Waals surface area contributed by atoms with Crippen LogP contribution in [-0.4, -0.2) is 51.2 Å². The van der Waals surface area contributed by atoms with Gasteiger partial charge in [-0.2, -0.15) is 0 Å². The molecule has 0 bridgehead atoms. The van der Waals surface area contributed by atoms with Crippen molar-refractivity contribution in [3.63, 3.8) is 0 Å². The predicted molar refractivity (Wildman–Crippen MR) is 139 cm³/mol. The van der Waals surface area contributed by atoms with Crippen LogP contribution in [0.4, 0.5) is 11.5 Å². The predicted octanol–water partition coefficient (Wildman–Crippen LogP) is 2.57. The number of hydrogen-bond donors (Lipinski definition) is 6. The number of carbonyl (C=O) groups excluding carboxylic acids is 3. The van der Waals surface area contributed by atoms with Gasteiger partial charge in [0.1, 0.15) is 17.9 Å². The Hall–Kier alpha value is -4.28. The second-order valence-corrected chi connectivity index (χ2v) is 9.50. The molecule has 2 aromatic carbocycles. The molecule has 37 heavy (non-hydrogen) atoms. The maximum Gasteiger partial charge on any atom is 0.274 e. The summed E-state index contributed by atoms with van der Waals surface area (Å²) >= 11 is 0. The SMILES string of the molecule is CC(C)(C)C(NC(=O)C(Nc1ccc(-c2ccccc2)cc1)C(O)C(=O)NO)C(=O)Nc1ccccn1. The van der Waals surface area contributed by atoms with E-state index in [1.807, 2.05) is 42.5 Å². The van der Waals surface area contributed by atoms with Gasteiger partial charge in [-0.1, -0.05) is 69.3 Å². The van der Waals surface area contributed by atoms with Crippen molar-refractivity contribution in [1.29, 1.82) is 0 Å². The maximum absolute atomic E-state index is 13.3. The molecular formula is C27H31N5O5. The molecule has 0 saturated heterocycles. The van der Waals surface area contributed by atoms with Crippen molar-refractivity contribution < 1.29 is 24.7 Å². The Bertz CT molecular complexity index is 1200. The van der Waals surface area contributed by atoms with Crippen LogP contribution >= 0.6 is 0 Å². The summed E-state index contributed by atoms with van der Waals surface area (Å²) in [5, 5.41) is 27.7. The molecule has 0 spiro atoms. The smallest absolute Gasteiger partial charge is 0.274 e. The summed E-state index contributed by atoms with van der Waals surface area (Å²) in [4.78, 5) is 42.5. The molecular weight excluding hydrogens is 474 g/mol.